The van der Waals surface area contributed by atoms with Crippen LogP contribution in [0.25, 0.3) is 0 Å². The van der Waals surface area contributed by atoms with E-state index in [4.69, 9.17) is 23.2 Å². The Kier molecular flexibility index (Phi) is 4.64. The first kappa shape index (κ1) is 13.4. The minimum atomic E-state index is 0.0263. The summed E-state index contributed by atoms with van der Waals surface area (Å²) in [5, 5.41) is 1.85. The molecule has 0 N–H and O–H groups in total. The van der Waals surface area contributed by atoms with Gasteiger partial charge in [0.25, 0.3) is 0 Å². The lowest BCUT2D eigenvalue weighted by Gasteiger charge is -2.02. The highest BCUT2D eigenvalue weighted by Gasteiger charge is 2.08. The van der Waals surface area contributed by atoms with Crippen LogP contribution in [0.1, 0.15) is 10.4 Å². The third kappa shape index (κ3) is 3.48. The summed E-state index contributed by atoms with van der Waals surface area (Å²) in [7, 11) is 0. The second kappa shape index (κ2) is 6.23. The van der Waals surface area contributed by atoms with E-state index in [1.807, 2.05) is 0 Å². The SMILES string of the molecule is O=C(CSc1ncccc1Cl)c1ccc(Cl)cc1. The molecule has 0 spiro atoms. The van der Waals surface area contributed by atoms with Crippen LogP contribution in [0, 0.1) is 0 Å². The Morgan fingerprint density at radius 2 is 1.89 bits per heavy atom. The molecular formula is C13H9Cl2NOS. The summed E-state index contributed by atoms with van der Waals surface area (Å²) in [5.74, 6) is 0.330. The zero-order valence-corrected chi connectivity index (χ0v) is 11.6. The maximum atomic E-state index is 11.9. The lowest BCUT2D eigenvalue weighted by molar-refractivity contribution is 0.102. The fraction of sp³-hybridized carbons (Fsp3) is 0.0769. The lowest BCUT2D eigenvalue weighted by atomic mass is 10.1. The van der Waals surface area contributed by atoms with Crippen molar-refractivity contribution >= 4 is 40.7 Å². The van der Waals surface area contributed by atoms with Gasteiger partial charge in [-0.15, -0.1) is 0 Å². The molecule has 0 saturated carbocycles. The zero-order chi connectivity index (χ0) is 13.0. The van der Waals surface area contributed by atoms with Crippen molar-refractivity contribution in [1.29, 1.82) is 0 Å². The molecular weight excluding hydrogens is 289 g/mol. The number of nitrogens with zero attached hydrogens (tertiary/aromatic N) is 1. The molecule has 18 heavy (non-hydrogen) atoms. The Morgan fingerprint density at radius 3 is 2.56 bits per heavy atom. The van der Waals surface area contributed by atoms with E-state index in [2.05, 4.69) is 4.98 Å². The molecule has 0 aliphatic rings. The van der Waals surface area contributed by atoms with Crippen molar-refractivity contribution in [2.45, 2.75) is 5.03 Å². The number of ketones is 1. The second-order valence-electron chi connectivity index (χ2n) is 3.51. The van der Waals surface area contributed by atoms with Gasteiger partial charge in [0.15, 0.2) is 5.78 Å². The number of halogens is 2. The number of pyridine rings is 1. The van der Waals surface area contributed by atoms with Crippen molar-refractivity contribution in [3.8, 4) is 0 Å². The van der Waals surface area contributed by atoms with Gasteiger partial charge < -0.3 is 0 Å². The van der Waals surface area contributed by atoms with Crippen LogP contribution in [0.5, 0.6) is 0 Å². The first-order valence-corrected chi connectivity index (χ1v) is 6.93. The van der Waals surface area contributed by atoms with Gasteiger partial charge in [-0.3, -0.25) is 4.79 Å². The van der Waals surface area contributed by atoms with E-state index in [-0.39, 0.29) is 5.78 Å². The quantitative estimate of drug-likeness (QED) is 0.620. The van der Waals surface area contributed by atoms with Crippen molar-refractivity contribution in [2.75, 3.05) is 5.75 Å². The number of Topliss-reactive ketones (excluding diaryl/α,β-unsaturated/α-hetero) is 1. The Balaban J connectivity index is 2.01. The van der Waals surface area contributed by atoms with Gasteiger partial charge in [0.05, 0.1) is 10.8 Å². The van der Waals surface area contributed by atoms with Crippen LogP contribution in [-0.2, 0) is 0 Å². The highest BCUT2D eigenvalue weighted by Crippen LogP contribution is 2.24. The van der Waals surface area contributed by atoms with Crippen LogP contribution < -0.4 is 0 Å². The average molecular weight is 298 g/mol. The Morgan fingerprint density at radius 1 is 1.17 bits per heavy atom. The maximum absolute atomic E-state index is 11.9. The summed E-state index contributed by atoms with van der Waals surface area (Å²) in [4.78, 5) is 16.0. The molecule has 1 aromatic heterocycles. The fourth-order valence-corrected chi connectivity index (χ4v) is 2.52. The van der Waals surface area contributed by atoms with Gasteiger partial charge in [-0.2, -0.15) is 0 Å². The standard InChI is InChI=1S/C13H9Cl2NOS/c14-10-5-3-9(4-6-10)12(17)8-18-13-11(15)2-1-7-16-13/h1-7H,8H2. The number of aromatic nitrogens is 1. The fourth-order valence-electron chi connectivity index (χ4n) is 1.33. The van der Waals surface area contributed by atoms with Crippen molar-refractivity contribution in [3.63, 3.8) is 0 Å². The highest BCUT2D eigenvalue weighted by molar-refractivity contribution is 8.00. The first-order chi connectivity index (χ1) is 8.66. The number of rotatable bonds is 4. The van der Waals surface area contributed by atoms with Crippen molar-refractivity contribution in [3.05, 3.63) is 58.2 Å². The molecule has 2 nitrogen and oxygen atoms in total. The largest absolute Gasteiger partial charge is 0.293 e. The number of hydrogen-bond acceptors (Lipinski definition) is 3. The smallest absolute Gasteiger partial charge is 0.173 e. The molecule has 2 rings (SSSR count). The van der Waals surface area contributed by atoms with E-state index in [1.165, 1.54) is 11.8 Å². The van der Waals surface area contributed by atoms with Crippen molar-refractivity contribution in [1.82, 2.24) is 4.98 Å². The molecule has 0 amide bonds. The topological polar surface area (TPSA) is 30.0 Å². The molecule has 5 heteroatoms. The predicted molar refractivity (Wildman–Crippen MR) is 75.8 cm³/mol. The molecule has 0 saturated heterocycles. The van der Waals surface area contributed by atoms with Crippen molar-refractivity contribution < 1.29 is 4.79 Å². The van der Waals surface area contributed by atoms with E-state index in [1.54, 1.807) is 42.6 Å². The van der Waals surface area contributed by atoms with Crippen LogP contribution in [0.2, 0.25) is 10.0 Å². The summed E-state index contributed by atoms with van der Waals surface area (Å²) in [6, 6.07) is 10.3. The molecule has 92 valence electrons. The Bertz CT molecular complexity index is 557. The van der Waals surface area contributed by atoms with Crippen LogP contribution in [0.15, 0.2) is 47.6 Å². The number of hydrogen-bond donors (Lipinski definition) is 0. The van der Waals surface area contributed by atoms with Gasteiger partial charge in [0, 0.05) is 16.8 Å². The summed E-state index contributed by atoms with van der Waals surface area (Å²) >= 11 is 13.1. The molecule has 0 bridgehead atoms. The minimum Gasteiger partial charge on any atom is -0.293 e. The van der Waals surface area contributed by atoms with Gasteiger partial charge in [0.1, 0.15) is 5.03 Å². The molecule has 0 radical (unpaired) electrons. The van der Waals surface area contributed by atoms with Crippen LogP contribution in [0.3, 0.4) is 0 Å². The highest BCUT2D eigenvalue weighted by atomic mass is 35.5. The molecule has 2 aromatic rings. The van der Waals surface area contributed by atoms with E-state index < -0.39 is 0 Å². The van der Waals surface area contributed by atoms with Gasteiger partial charge in [-0.05, 0) is 36.4 Å². The number of thioether (sulfide) groups is 1. The second-order valence-corrected chi connectivity index (χ2v) is 5.32. The third-order valence-corrected chi connectivity index (χ3v) is 3.91. The number of benzene rings is 1. The van der Waals surface area contributed by atoms with Crippen LogP contribution in [0.4, 0.5) is 0 Å². The zero-order valence-electron chi connectivity index (χ0n) is 9.27. The molecule has 0 aliphatic carbocycles. The number of carbonyl (C=O) groups is 1. The van der Waals surface area contributed by atoms with Crippen molar-refractivity contribution in [2.24, 2.45) is 0 Å². The monoisotopic (exact) mass is 297 g/mol. The first-order valence-electron chi connectivity index (χ1n) is 5.19. The lowest BCUT2D eigenvalue weighted by Crippen LogP contribution is -2.02. The summed E-state index contributed by atoms with van der Waals surface area (Å²) in [6.45, 7) is 0. The average Bonchev–Trinajstić information content (AvgIpc) is 2.38. The van der Waals surface area contributed by atoms with Gasteiger partial charge in [-0.1, -0.05) is 35.0 Å². The Hall–Kier alpha value is -1.03. The van der Waals surface area contributed by atoms with Crippen LogP contribution >= 0.6 is 35.0 Å². The summed E-state index contributed by atoms with van der Waals surface area (Å²) in [6.07, 6.45) is 1.65. The van der Waals surface area contributed by atoms with E-state index >= 15 is 0 Å². The van der Waals surface area contributed by atoms with E-state index in [0.29, 0.717) is 26.4 Å². The van der Waals surface area contributed by atoms with Gasteiger partial charge in [0.2, 0.25) is 0 Å². The van der Waals surface area contributed by atoms with Crippen LogP contribution in [-0.4, -0.2) is 16.5 Å². The predicted octanol–water partition coefficient (Wildman–Crippen LogP) is 4.36. The van der Waals surface area contributed by atoms with Gasteiger partial charge in [-0.25, -0.2) is 4.98 Å². The molecule has 0 unspecified atom stereocenters. The molecule has 0 atom stereocenters. The molecule has 0 aliphatic heterocycles. The molecule has 0 fully saturated rings. The number of carbonyl (C=O) groups excluding carboxylic acids is 1. The van der Waals surface area contributed by atoms with E-state index in [9.17, 15) is 4.79 Å². The Labute approximate surface area is 119 Å². The minimum absolute atomic E-state index is 0.0263. The normalized spacial score (nSPS) is 10.3. The van der Waals surface area contributed by atoms with E-state index in [0.717, 1.165) is 0 Å². The maximum Gasteiger partial charge on any atom is 0.173 e. The summed E-state index contributed by atoms with van der Waals surface area (Å²) in [5.41, 5.74) is 0.638. The van der Waals surface area contributed by atoms with Gasteiger partial charge >= 0.3 is 0 Å². The molecule has 1 aromatic carbocycles. The summed E-state index contributed by atoms with van der Waals surface area (Å²) < 4.78 is 0. The molecule has 1 heterocycles. The third-order valence-electron chi connectivity index (χ3n) is 2.23.